The molecule has 15 heavy (non-hydrogen) atoms. The van der Waals surface area contributed by atoms with Crippen LogP contribution in [0, 0.1) is 17.3 Å². The van der Waals surface area contributed by atoms with Crippen LogP contribution in [0.1, 0.15) is 41.5 Å². The van der Waals surface area contributed by atoms with Gasteiger partial charge in [-0.3, -0.25) is 0 Å². The Hall–Kier alpha value is -0.780. The number of allylic oxidation sites excluding steroid dienone is 6. The Morgan fingerprint density at radius 3 is 1.67 bits per heavy atom. The van der Waals surface area contributed by atoms with Gasteiger partial charge in [0.2, 0.25) is 0 Å². The monoisotopic (exact) mass is 204 g/mol. The molecule has 0 aromatic carbocycles. The van der Waals surface area contributed by atoms with Crippen LogP contribution in [-0.4, -0.2) is 0 Å². The van der Waals surface area contributed by atoms with Gasteiger partial charge in [-0.05, 0) is 25.7 Å². The maximum Gasteiger partial charge on any atom is 0.00721 e. The van der Waals surface area contributed by atoms with E-state index in [1.807, 2.05) is 0 Å². The van der Waals surface area contributed by atoms with Crippen molar-refractivity contribution in [3.8, 4) is 0 Å². The third-order valence-corrected chi connectivity index (χ3v) is 3.67. The molecular formula is C15H24. The van der Waals surface area contributed by atoms with Crippen molar-refractivity contribution in [1.82, 2.24) is 0 Å². The Morgan fingerprint density at radius 2 is 1.33 bits per heavy atom. The molecule has 0 bridgehead atoms. The van der Waals surface area contributed by atoms with E-state index in [-0.39, 0.29) is 5.41 Å². The van der Waals surface area contributed by atoms with Crippen molar-refractivity contribution >= 4 is 0 Å². The van der Waals surface area contributed by atoms with Gasteiger partial charge in [-0.15, -0.1) is 0 Å². The second-order valence-electron chi connectivity index (χ2n) is 5.51. The Morgan fingerprint density at radius 1 is 0.933 bits per heavy atom. The molecule has 0 amide bonds. The maximum atomic E-state index is 2.41. The summed E-state index contributed by atoms with van der Waals surface area (Å²) in [5.74, 6) is 1.38. The second kappa shape index (κ2) is 4.38. The molecule has 1 rings (SSSR count). The van der Waals surface area contributed by atoms with E-state index < -0.39 is 0 Å². The first kappa shape index (κ1) is 12.3. The van der Waals surface area contributed by atoms with Crippen LogP contribution in [0.25, 0.3) is 0 Å². The van der Waals surface area contributed by atoms with Gasteiger partial charge >= 0.3 is 0 Å². The molecule has 0 nitrogen and oxygen atoms in total. The van der Waals surface area contributed by atoms with E-state index in [9.17, 15) is 0 Å². The molecule has 0 spiro atoms. The number of hydrogen-bond donors (Lipinski definition) is 0. The van der Waals surface area contributed by atoms with Crippen molar-refractivity contribution in [2.45, 2.75) is 41.5 Å². The molecule has 0 heterocycles. The first-order valence-electron chi connectivity index (χ1n) is 5.92. The van der Waals surface area contributed by atoms with Crippen LogP contribution in [0.5, 0.6) is 0 Å². The lowest BCUT2D eigenvalue weighted by atomic mass is 9.71. The normalized spacial score (nSPS) is 22.1. The fourth-order valence-electron chi connectivity index (χ4n) is 2.36. The van der Waals surface area contributed by atoms with E-state index in [1.165, 1.54) is 11.1 Å². The van der Waals surface area contributed by atoms with E-state index in [2.05, 4.69) is 65.8 Å². The predicted octanol–water partition coefficient (Wildman–Crippen LogP) is 4.75. The van der Waals surface area contributed by atoms with Crippen molar-refractivity contribution in [1.29, 1.82) is 0 Å². The fraction of sp³-hybridized carbons (Fsp3) is 0.600. The summed E-state index contributed by atoms with van der Waals surface area (Å²) in [4.78, 5) is 0. The molecular weight excluding hydrogens is 180 g/mol. The zero-order valence-electron chi connectivity index (χ0n) is 11.0. The van der Waals surface area contributed by atoms with E-state index in [1.54, 1.807) is 0 Å². The molecule has 0 aromatic rings. The van der Waals surface area contributed by atoms with Gasteiger partial charge in [0.15, 0.2) is 0 Å². The Balaban J connectivity index is 3.11. The SMILES string of the molecule is CC1=CC(C)(C(C)C(C)C)C=C(C)C=C1. The molecule has 0 fully saturated rings. The van der Waals surface area contributed by atoms with Gasteiger partial charge in [0, 0.05) is 5.41 Å². The summed E-state index contributed by atoms with van der Waals surface area (Å²) in [5, 5.41) is 0. The highest BCUT2D eigenvalue weighted by Gasteiger charge is 2.29. The highest BCUT2D eigenvalue weighted by Crippen LogP contribution is 2.38. The molecule has 0 N–H and O–H groups in total. The summed E-state index contributed by atoms with van der Waals surface area (Å²) in [5.41, 5.74) is 2.95. The van der Waals surface area contributed by atoms with Gasteiger partial charge in [0.1, 0.15) is 0 Å². The van der Waals surface area contributed by atoms with Crippen LogP contribution in [0.3, 0.4) is 0 Å². The molecule has 0 aromatic heterocycles. The quantitative estimate of drug-likeness (QED) is 0.609. The average molecular weight is 204 g/mol. The Labute approximate surface area is 94.8 Å². The minimum absolute atomic E-state index is 0.200. The van der Waals surface area contributed by atoms with Gasteiger partial charge < -0.3 is 0 Å². The van der Waals surface area contributed by atoms with Crippen molar-refractivity contribution in [3.05, 3.63) is 35.5 Å². The lowest BCUT2D eigenvalue weighted by Crippen LogP contribution is -2.25. The summed E-state index contributed by atoms with van der Waals surface area (Å²) < 4.78 is 0. The predicted molar refractivity (Wildman–Crippen MR) is 68.8 cm³/mol. The molecule has 0 heteroatoms. The average Bonchev–Trinajstić information content (AvgIpc) is 2.24. The summed E-state index contributed by atoms with van der Waals surface area (Å²) in [6, 6.07) is 0. The molecule has 0 saturated carbocycles. The lowest BCUT2D eigenvalue weighted by molar-refractivity contribution is 0.266. The van der Waals surface area contributed by atoms with Gasteiger partial charge in [0.05, 0.1) is 0 Å². The van der Waals surface area contributed by atoms with Crippen LogP contribution in [0.15, 0.2) is 35.5 Å². The molecule has 1 aliphatic carbocycles. The minimum atomic E-state index is 0.200. The van der Waals surface area contributed by atoms with E-state index >= 15 is 0 Å². The van der Waals surface area contributed by atoms with Gasteiger partial charge in [0.25, 0.3) is 0 Å². The third-order valence-electron chi connectivity index (χ3n) is 3.67. The first-order chi connectivity index (χ1) is 6.85. The van der Waals surface area contributed by atoms with Crippen molar-refractivity contribution in [2.75, 3.05) is 0 Å². The first-order valence-corrected chi connectivity index (χ1v) is 5.92. The maximum absolute atomic E-state index is 2.41. The van der Waals surface area contributed by atoms with Gasteiger partial charge in [-0.1, -0.05) is 63.1 Å². The summed E-state index contributed by atoms with van der Waals surface area (Å²) in [6.45, 7) is 13.7. The zero-order chi connectivity index (χ0) is 11.6. The zero-order valence-corrected chi connectivity index (χ0v) is 11.0. The highest BCUT2D eigenvalue weighted by atomic mass is 14.3. The van der Waals surface area contributed by atoms with Crippen LogP contribution in [-0.2, 0) is 0 Å². The van der Waals surface area contributed by atoms with Crippen molar-refractivity contribution < 1.29 is 0 Å². The summed E-state index contributed by atoms with van der Waals surface area (Å²) in [6.07, 6.45) is 9.24. The molecule has 0 aliphatic heterocycles. The van der Waals surface area contributed by atoms with E-state index in [4.69, 9.17) is 0 Å². The fourth-order valence-corrected chi connectivity index (χ4v) is 2.36. The summed E-state index contributed by atoms with van der Waals surface area (Å²) >= 11 is 0. The lowest BCUT2D eigenvalue weighted by Gasteiger charge is -2.33. The van der Waals surface area contributed by atoms with E-state index in [0.29, 0.717) is 11.8 Å². The van der Waals surface area contributed by atoms with Crippen molar-refractivity contribution in [2.24, 2.45) is 17.3 Å². The number of hydrogen-bond acceptors (Lipinski definition) is 0. The van der Waals surface area contributed by atoms with Gasteiger partial charge in [-0.2, -0.15) is 0 Å². The van der Waals surface area contributed by atoms with E-state index in [0.717, 1.165) is 0 Å². The third kappa shape index (κ3) is 2.84. The van der Waals surface area contributed by atoms with Crippen LogP contribution < -0.4 is 0 Å². The number of rotatable bonds is 2. The molecule has 0 saturated heterocycles. The smallest absolute Gasteiger partial charge is 0.00721 e. The standard InChI is InChI=1S/C15H24/c1-11(2)14(5)15(6)9-12(3)7-8-13(4)10-15/h7-11,14H,1-6H3. The highest BCUT2D eigenvalue weighted by molar-refractivity contribution is 5.35. The van der Waals surface area contributed by atoms with Crippen LogP contribution in [0.2, 0.25) is 0 Å². The van der Waals surface area contributed by atoms with Crippen LogP contribution in [0.4, 0.5) is 0 Å². The second-order valence-corrected chi connectivity index (χ2v) is 5.51. The Kier molecular flexibility index (Phi) is 3.59. The molecule has 1 atom stereocenters. The van der Waals surface area contributed by atoms with Crippen molar-refractivity contribution in [3.63, 3.8) is 0 Å². The summed E-state index contributed by atoms with van der Waals surface area (Å²) in [7, 11) is 0. The molecule has 1 aliphatic rings. The minimum Gasteiger partial charge on any atom is -0.0716 e. The van der Waals surface area contributed by atoms with Crippen LogP contribution >= 0.6 is 0 Å². The topological polar surface area (TPSA) is 0 Å². The Bertz CT molecular complexity index is 291. The largest absolute Gasteiger partial charge is 0.0716 e. The molecule has 0 radical (unpaired) electrons. The molecule has 84 valence electrons. The van der Waals surface area contributed by atoms with Gasteiger partial charge in [-0.25, -0.2) is 0 Å². The molecule has 1 unspecified atom stereocenters.